The predicted octanol–water partition coefficient (Wildman–Crippen LogP) is 2.49. The van der Waals surface area contributed by atoms with Crippen LogP contribution >= 0.6 is 0 Å². The Balaban J connectivity index is 1.98. The molecule has 156 valence electrons. The van der Waals surface area contributed by atoms with E-state index in [1.807, 2.05) is 57.1 Å². The van der Waals surface area contributed by atoms with Crippen LogP contribution < -0.4 is 10.5 Å². The highest BCUT2D eigenvalue weighted by Gasteiger charge is 2.23. The summed E-state index contributed by atoms with van der Waals surface area (Å²) in [6.45, 7) is 4.34. The molecule has 1 aromatic carbocycles. The molecule has 3 aromatic rings. The van der Waals surface area contributed by atoms with Crippen molar-refractivity contribution in [2.75, 3.05) is 26.0 Å². The van der Waals surface area contributed by atoms with E-state index < -0.39 is 17.2 Å². The summed E-state index contributed by atoms with van der Waals surface area (Å²) in [7, 11) is 5.27. The van der Waals surface area contributed by atoms with Gasteiger partial charge in [0.2, 0.25) is 5.75 Å². The molecule has 2 N–H and O–H groups in total. The molecule has 0 aliphatic heterocycles. The minimum Gasteiger partial charge on any atom is -0.501 e. The fourth-order valence-corrected chi connectivity index (χ4v) is 3.10. The fraction of sp³-hybridized carbons (Fsp3) is 0.273. The van der Waals surface area contributed by atoms with Crippen LogP contribution in [-0.4, -0.2) is 52.0 Å². The van der Waals surface area contributed by atoms with Crippen molar-refractivity contribution >= 4 is 11.6 Å². The van der Waals surface area contributed by atoms with Gasteiger partial charge in [-0.1, -0.05) is 18.2 Å². The van der Waals surface area contributed by atoms with E-state index >= 15 is 0 Å². The number of aromatic hydroxyl groups is 1. The van der Waals surface area contributed by atoms with Crippen molar-refractivity contribution < 1.29 is 9.90 Å². The number of benzene rings is 1. The highest BCUT2D eigenvalue weighted by Crippen LogP contribution is 2.25. The number of carbonyl (C=O) groups excluding carboxylic acids is 1. The standard InChI is InChI=1S/C22H25N5O3/c1-13-8-9-15(11-14(13)2)12-27(5)22(30)18-19(28)21(29)25-20(24-18)17-16(26(3)4)7-6-10-23-17/h6-11,28H,12H2,1-5H3,(H,24,25,29). The van der Waals surface area contributed by atoms with Gasteiger partial charge >= 0.3 is 0 Å². The maximum Gasteiger partial charge on any atom is 0.294 e. The first-order valence-electron chi connectivity index (χ1n) is 9.46. The van der Waals surface area contributed by atoms with Gasteiger partial charge in [0.15, 0.2) is 11.5 Å². The molecule has 0 aliphatic rings. The van der Waals surface area contributed by atoms with Gasteiger partial charge in [0.1, 0.15) is 5.69 Å². The smallest absolute Gasteiger partial charge is 0.294 e. The summed E-state index contributed by atoms with van der Waals surface area (Å²) in [5, 5.41) is 10.2. The lowest BCUT2D eigenvalue weighted by molar-refractivity contribution is 0.0775. The molecule has 8 nitrogen and oxygen atoms in total. The van der Waals surface area contributed by atoms with Gasteiger partial charge in [-0.3, -0.25) is 14.6 Å². The van der Waals surface area contributed by atoms with E-state index in [2.05, 4.69) is 15.0 Å². The minimum absolute atomic E-state index is 0.116. The summed E-state index contributed by atoms with van der Waals surface area (Å²) in [5.74, 6) is -1.15. The Morgan fingerprint density at radius 3 is 2.53 bits per heavy atom. The maximum absolute atomic E-state index is 13.0. The predicted molar refractivity (Wildman–Crippen MR) is 116 cm³/mol. The number of aryl methyl sites for hydroxylation is 2. The summed E-state index contributed by atoms with van der Waals surface area (Å²) in [6.07, 6.45) is 1.57. The van der Waals surface area contributed by atoms with Crippen LogP contribution in [0.2, 0.25) is 0 Å². The molecule has 0 saturated carbocycles. The van der Waals surface area contributed by atoms with Crippen molar-refractivity contribution in [2.24, 2.45) is 0 Å². The normalized spacial score (nSPS) is 10.7. The van der Waals surface area contributed by atoms with Crippen LogP contribution in [0, 0.1) is 13.8 Å². The molecule has 0 atom stereocenters. The van der Waals surface area contributed by atoms with E-state index in [0.717, 1.165) is 11.1 Å². The zero-order valence-corrected chi connectivity index (χ0v) is 17.7. The third-order valence-electron chi connectivity index (χ3n) is 4.93. The molecule has 2 heterocycles. The third kappa shape index (κ3) is 4.17. The first-order valence-corrected chi connectivity index (χ1v) is 9.46. The first kappa shape index (κ1) is 21.0. The number of anilines is 1. The molecule has 0 spiro atoms. The number of hydrogen-bond acceptors (Lipinski definition) is 6. The molecule has 8 heteroatoms. The van der Waals surface area contributed by atoms with Gasteiger partial charge in [0.25, 0.3) is 11.5 Å². The summed E-state index contributed by atoms with van der Waals surface area (Å²) in [4.78, 5) is 39.6. The van der Waals surface area contributed by atoms with Crippen LogP contribution in [0.4, 0.5) is 5.69 Å². The van der Waals surface area contributed by atoms with Crippen LogP contribution in [0.3, 0.4) is 0 Å². The monoisotopic (exact) mass is 407 g/mol. The Morgan fingerprint density at radius 2 is 1.87 bits per heavy atom. The van der Waals surface area contributed by atoms with Crippen LogP contribution in [-0.2, 0) is 6.54 Å². The van der Waals surface area contributed by atoms with Gasteiger partial charge in [0.05, 0.1) is 5.69 Å². The molecule has 3 rings (SSSR count). The van der Waals surface area contributed by atoms with Crippen molar-refractivity contribution in [2.45, 2.75) is 20.4 Å². The van der Waals surface area contributed by atoms with Gasteiger partial charge in [-0.2, -0.15) is 0 Å². The lowest BCUT2D eigenvalue weighted by Crippen LogP contribution is -2.29. The molecule has 1 amide bonds. The van der Waals surface area contributed by atoms with E-state index in [1.165, 1.54) is 10.5 Å². The molecule has 30 heavy (non-hydrogen) atoms. The highest BCUT2D eigenvalue weighted by molar-refractivity contribution is 5.95. The van der Waals surface area contributed by atoms with Crippen LogP contribution in [0.5, 0.6) is 5.75 Å². The second kappa shape index (κ2) is 8.36. The first-order chi connectivity index (χ1) is 14.2. The van der Waals surface area contributed by atoms with Crippen molar-refractivity contribution in [3.05, 3.63) is 69.3 Å². The molecule has 0 aliphatic carbocycles. The highest BCUT2D eigenvalue weighted by atomic mass is 16.3. The molecule has 0 radical (unpaired) electrons. The zero-order chi connectivity index (χ0) is 22.0. The van der Waals surface area contributed by atoms with E-state index in [0.29, 0.717) is 17.9 Å². The van der Waals surface area contributed by atoms with Crippen molar-refractivity contribution in [1.82, 2.24) is 19.9 Å². The van der Waals surface area contributed by atoms with Gasteiger partial charge in [-0.25, -0.2) is 4.98 Å². The van der Waals surface area contributed by atoms with Gasteiger partial charge in [-0.05, 0) is 42.7 Å². The molecule has 0 bridgehead atoms. The number of nitrogens with one attached hydrogen (secondary N) is 1. The summed E-state index contributed by atoms with van der Waals surface area (Å²) < 4.78 is 0. The Labute approximate surface area is 174 Å². The number of carbonyl (C=O) groups is 1. The number of pyridine rings is 1. The second-order valence-electron chi connectivity index (χ2n) is 7.46. The number of aromatic amines is 1. The Bertz CT molecular complexity index is 1150. The van der Waals surface area contributed by atoms with Crippen LogP contribution in [0.25, 0.3) is 11.5 Å². The number of rotatable bonds is 5. The quantitative estimate of drug-likeness (QED) is 0.674. The van der Waals surface area contributed by atoms with E-state index in [1.54, 1.807) is 19.3 Å². The number of aromatic nitrogens is 3. The number of hydrogen-bond donors (Lipinski definition) is 2. The fourth-order valence-electron chi connectivity index (χ4n) is 3.10. The molecular weight excluding hydrogens is 382 g/mol. The van der Waals surface area contributed by atoms with Crippen LogP contribution in [0.1, 0.15) is 27.2 Å². The largest absolute Gasteiger partial charge is 0.501 e. The number of H-pyrrole nitrogens is 1. The van der Waals surface area contributed by atoms with Gasteiger partial charge in [0, 0.05) is 33.9 Å². The zero-order valence-electron chi connectivity index (χ0n) is 17.7. The Kier molecular flexibility index (Phi) is 5.86. The minimum atomic E-state index is -0.793. The lowest BCUT2D eigenvalue weighted by Gasteiger charge is -2.19. The SMILES string of the molecule is Cc1ccc(CN(C)C(=O)c2nc(-c3ncccc3N(C)C)[nH]c(=O)c2O)cc1C. The summed E-state index contributed by atoms with van der Waals surface area (Å²) >= 11 is 0. The molecule has 2 aromatic heterocycles. The topological polar surface area (TPSA) is 102 Å². The summed E-state index contributed by atoms with van der Waals surface area (Å²) in [6, 6.07) is 9.53. The average molecular weight is 407 g/mol. The van der Waals surface area contributed by atoms with E-state index in [-0.39, 0.29) is 11.5 Å². The van der Waals surface area contributed by atoms with E-state index in [9.17, 15) is 14.7 Å². The van der Waals surface area contributed by atoms with E-state index in [4.69, 9.17) is 0 Å². The maximum atomic E-state index is 13.0. The van der Waals surface area contributed by atoms with Gasteiger partial charge < -0.3 is 19.9 Å². The number of nitrogens with zero attached hydrogens (tertiary/aromatic N) is 4. The van der Waals surface area contributed by atoms with Crippen molar-refractivity contribution in [3.8, 4) is 17.3 Å². The Hall–Kier alpha value is -3.68. The van der Waals surface area contributed by atoms with Gasteiger partial charge in [-0.15, -0.1) is 0 Å². The van der Waals surface area contributed by atoms with Crippen molar-refractivity contribution in [1.29, 1.82) is 0 Å². The average Bonchev–Trinajstić information content (AvgIpc) is 2.72. The molecular formula is C22H25N5O3. The second-order valence-corrected chi connectivity index (χ2v) is 7.46. The molecule has 0 saturated heterocycles. The molecule has 0 fully saturated rings. The lowest BCUT2D eigenvalue weighted by atomic mass is 10.1. The Morgan fingerprint density at radius 1 is 1.13 bits per heavy atom. The number of amides is 1. The third-order valence-corrected chi connectivity index (χ3v) is 4.93. The van der Waals surface area contributed by atoms with Crippen molar-refractivity contribution in [3.63, 3.8) is 0 Å². The molecule has 0 unspecified atom stereocenters. The summed E-state index contributed by atoms with van der Waals surface area (Å²) in [5.41, 5.74) is 3.25. The van der Waals surface area contributed by atoms with Crippen LogP contribution in [0.15, 0.2) is 41.3 Å².